The summed E-state index contributed by atoms with van der Waals surface area (Å²) in [6, 6.07) is 8.11. The molecule has 3 nitrogen and oxygen atoms in total. The number of benzene rings is 1. The molecule has 0 heterocycles. The van der Waals surface area contributed by atoms with Crippen molar-refractivity contribution in [3.05, 3.63) is 35.4 Å². The van der Waals surface area contributed by atoms with Crippen LogP contribution in [0.1, 0.15) is 31.9 Å². The zero-order chi connectivity index (χ0) is 12.3. The van der Waals surface area contributed by atoms with Crippen molar-refractivity contribution in [1.29, 1.82) is 0 Å². The van der Waals surface area contributed by atoms with Crippen LogP contribution >= 0.6 is 0 Å². The maximum absolute atomic E-state index is 11.9. The molecule has 0 atom stereocenters. The van der Waals surface area contributed by atoms with Crippen molar-refractivity contribution in [1.82, 2.24) is 5.01 Å². The fourth-order valence-electron chi connectivity index (χ4n) is 1.72. The van der Waals surface area contributed by atoms with Gasteiger partial charge in [0.1, 0.15) is 0 Å². The topological polar surface area (TPSA) is 46.3 Å². The molecule has 88 valence electrons. The van der Waals surface area contributed by atoms with Crippen LogP contribution in [0.4, 0.5) is 0 Å². The molecule has 0 aromatic heterocycles. The SMILES string of the molecule is CCc1ccc(C(C)(C)C(=O)N(C)N)cc1. The van der Waals surface area contributed by atoms with E-state index in [4.69, 9.17) is 5.84 Å². The summed E-state index contributed by atoms with van der Waals surface area (Å²) in [4.78, 5) is 11.9. The average molecular weight is 220 g/mol. The highest BCUT2D eigenvalue weighted by Gasteiger charge is 2.31. The van der Waals surface area contributed by atoms with E-state index in [2.05, 4.69) is 19.1 Å². The lowest BCUT2D eigenvalue weighted by atomic mass is 9.83. The number of carbonyl (C=O) groups is 1. The van der Waals surface area contributed by atoms with Gasteiger partial charge in [0.2, 0.25) is 5.91 Å². The van der Waals surface area contributed by atoms with Crippen LogP contribution < -0.4 is 5.84 Å². The van der Waals surface area contributed by atoms with Gasteiger partial charge in [0.25, 0.3) is 0 Å². The van der Waals surface area contributed by atoms with E-state index in [1.165, 1.54) is 5.56 Å². The molecular formula is C13H20N2O. The van der Waals surface area contributed by atoms with Crippen LogP contribution in [-0.4, -0.2) is 18.0 Å². The standard InChI is InChI=1S/C13H20N2O/c1-5-10-6-8-11(9-7-10)13(2,3)12(16)15(4)14/h6-9H,5,14H2,1-4H3. The predicted molar refractivity (Wildman–Crippen MR) is 65.8 cm³/mol. The molecule has 0 aliphatic heterocycles. The maximum atomic E-state index is 11.9. The van der Waals surface area contributed by atoms with Crippen LogP contribution in [-0.2, 0) is 16.6 Å². The molecule has 0 unspecified atom stereocenters. The van der Waals surface area contributed by atoms with Crippen molar-refractivity contribution in [3.8, 4) is 0 Å². The lowest BCUT2D eigenvalue weighted by molar-refractivity contribution is -0.135. The summed E-state index contributed by atoms with van der Waals surface area (Å²) in [7, 11) is 1.57. The Bertz CT molecular complexity index is 366. The van der Waals surface area contributed by atoms with Crippen molar-refractivity contribution < 1.29 is 4.79 Å². The van der Waals surface area contributed by atoms with Crippen molar-refractivity contribution in [2.75, 3.05) is 7.05 Å². The van der Waals surface area contributed by atoms with Crippen molar-refractivity contribution in [2.24, 2.45) is 5.84 Å². The number of likely N-dealkylation sites (N-methyl/N-ethyl adjacent to an activating group) is 1. The molecule has 1 rings (SSSR count). The predicted octanol–water partition coefficient (Wildman–Crippen LogP) is 1.86. The van der Waals surface area contributed by atoms with Gasteiger partial charge in [-0.25, -0.2) is 5.84 Å². The Kier molecular flexibility index (Phi) is 3.70. The summed E-state index contributed by atoms with van der Waals surface area (Å²) in [6.45, 7) is 5.89. The molecule has 3 heteroatoms. The molecule has 2 N–H and O–H groups in total. The summed E-state index contributed by atoms with van der Waals surface area (Å²) < 4.78 is 0. The van der Waals surface area contributed by atoms with E-state index in [1.54, 1.807) is 7.05 Å². The number of carbonyl (C=O) groups excluding carboxylic acids is 1. The van der Waals surface area contributed by atoms with E-state index >= 15 is 0 Å². The number of hydrogen-bond donors (Lipinski definition) is 1. The quantitative estimate of drug-likeness (QED) is 0.480. The van der Waals surface area contributed by atoms with E-state index in [0.29, 0.717) is 0 Å². The van der Waals surface area contributed by atoms with E-state index in [0.717, 1.165) is 17.0 Å². The molecule has 1 amide bonds. The second kappa shape index (κ2) is 4.66. The van der Waals surface area contributed by atoms with Gasteiger partial charge >= 0.3 is 0 Å². The van der Waals surface area contributed by atoms with E-state index in [1.807, 2.05) is 26.0 Å². The minimum absolute atomic E-state index is 0.0863. The summed E-state index contributed by atoms with van der Waals surface area (Å²) in [5, 5.41) is 1.15. The summed E-state index contributed by atoms with van der Waals surface area (Å²) in [6.07, 6.45) is 1.01. The minimum Gasteiger partial charge on any atom is -0.283 e. The largest absolute Gasteiger partial charge is 0.283 e. The molecule has 0 bridgehead atoms. The maximum Gasteiger partial charge on any atom is 0.246 e. The van der Waals surface area contributed by atoms with Gasteiger partial charge in [-0.15, -0.1) is 0 Å². The summed E-state index contributed by atoms with van der Waals surface area (Å²) >= 11 is 0. The van der Waals surface area contributed by atoms with Gasteiger partial charge in [-0.05, 0) is 31.4 Å². The molecule has 0 radical (unpaired) electrons. The highest BCUT2D eigenvalue weighted by atomic mass is 16.2. The second-order valence-corrected chi connectivity index (χ2v) is 4.59. The van der Waals surface area contributed by atoms with Crippen molar-refractivity contribution in [2.45, 2.75) is 32.6 Å². The van der Waals surface area contributed by atoms with Crippen LogP contribution in [0.3, 0.4) is 0 Å². The molecular weight excluding hydrogens is 200 g/mol. The van der Waals surface area contributed by atoms with Crippen molar-refractivity contribution in [3.63, 3.8) is 0 Å². The number of nitrogens with zero attached hydrogens (tertiary/aromatic N) is 1. The molecule has 0 aliphatic carbocycles. The Balaban J connectivity index is 3.02. The third kappa shape index (κ3) is 2.42. The number of nitrogens with two attached hydrogens (primary N) is 1. The normalized spacial score (nSPS) is 11.3. The van der Waals surface area contributed by atoms with Gasteiger partial charge in [0.05, 0.1) is 5.41 Å². The third-order valence-electron chi connectivity index (χ3n) is 2.94. The fraction of sp³-hybridized carbons (Fsp3) is 0.462. The molecule has 0 saturated carbocycles. The van der Waals surface area contributed by atoms with Crippen molar-refractivity contribution >= 4 is 5.91 Å². The van der Waals surface area contributed by atoms with Crippen LogP contribution in [0.5, 0.6) is 0 Å². The van der Waals surface area contributed by atoms with Crippen LogP contribution in [0.15, 0.2) is 24.3 Å². The van der Waals surface area contributed by atoms with Gasteiger partial charge in [0.15, 0.2) is 0 Å². The Labute approximate surface area is 97.2 Å². The summed E-state index contributed by atoms with van der Waals surface area (Å²) in [5.74, 6) is 5.41. The fourth-order valence-corrected chi connectivity index (χ4v) is 1.72. The zero-order valence-electron chi connectivity index (χ0n) is 10.4. The van der Waals surface area contributed by atoms with E-state index < -0.39 is 5.41 Å². The number of hydrazine groups is 1. The first-order valence-corrected chi connectivity index (χ1v) is 5.52. The molecule has 0 aliphatic rings. The number of rotatable bonds is 3. The Morgan fingerprint density at radius 3 is 2.19 bits per heavy atom. The lowest BCUT2D eigenvalue weighted by Crippen LogP contribution is -2.44. The Morgan fingerprint density at radius 2 is 1.81 bits per heavy atom. The van der Waals surface area contributed by atoms with Gasteiger partial charge in [-0.2, -0.15) is 0 Å². The van der Waals surface area contributed by atoms with E-state index in [-0.39, 0.29) is 5.91 Å². The first-order chi connectivity index (χ1) is 7.39. The van der Waals surface area contributed by atoms with Crippen LogP contribution in [0.25, 0.3) is 0 Å². The lowest BCUT2D eigenvalue weighted by Gasteiger charge is -2.27. The summed E-state index contributed by atoms with van der Waals surface area (Å²) in [5.41, 5.74) is 1.69. The molecule has 0 saturated heterocycles. The number of hydrogen-bond acceptors (Lipinski definition) is 2. The third-order valence-corrected chi connectivity index (χ3v) is 2.94. The average Bonchev–Trinajstić information content (AvgIpc) is 2.28. The molecule has 0 spiro atoms. The first kappa shape index (κ1) is 12.7. The monoisotopic (exact) mass is 220 g/mol. The Morgan fingerprint density at radius 1 is 1.31 bits per heavy atom. The molecule has 1 aromatic rings. The second-order valence-electron chi connectivity index (χ2n) is 4.59. The van der Waals surface area contributed by atoms with E-state index in [9.17, 15) is 4.79 Å². The van der Waals surface area contributed by atoms with Gasteiger partial charge < -0.3 is 0 Å². The number of amides is 1. The highest BCUT2D eigenvalue weighted by molar-refractivity contribution is 5.86. The smallest absolute Gasteiger partial charge is 0.246 e. The molecule has 16 heavy (non-hydrogen) atoms. The zero-order valence-corrected chi connectivity index (χ0v) is 10.4. The Hall–Kier alpha value is -1.35. The van der Waals surface area contributed by atoms with Gasteiger partial charge in [0, 0.05) is 7.05 Å². The number of aryl methyl sites for hydroxylation is 1. The first-order valence-electron chi connectivity index (χ1n) is 5.52. The van der Waals surface area contributed by atoms with Gasteiger partial charge in [-0.3, -0.25) is 9.80 Å². The highest BCUT2D eigenvalue weighted by Crippen LogP contribution is 2.25. The minimum atomic E-state index is -0.574. The van der Waals surface area contributed by atoms with Crippen LogP contribution in [0, 0.1) is 0 Å². The van der Waals surface area contributed by atoms with Crippen LogP contribution in [0.2, 0.25) is 0 Å². The molecule has 0 fully saturated rings. The molecule has 1 aromatic carbocycles. The van der Waals surface area contributed by atoms with Gasteiger partial charge in [-0.1, -0.05) is 31.2 Å².